The number of hydrogen-bond acceptors (Lipinski definition) is 3. The van der Waals surface area contributed by atoms with Crippen molar-refractivity contribution in [2.24, 2.45) is 7.05 Å². The average Bonchev–Trinajstić information content (AvgIpc) is 2.50. The van der Waals surface area contributed by atoms with Gasteiger partial charge in [-0.2, -0.15) is 0 Å². The first-order chi connectivity index (χ1) is 9.75. The number of rotatable bonds is 2. The summed E-state index contributed by atoms with van der Waals surface area (Å²) >= 11 is 0. The molecule has 0 N–H and O–H groups in total. The van der Waals surface area contributed by atoms with Gasteiger partial charge in [-0.25, -0.2) is 4.98 Å². The van der Waals surface area contributed by atoms with E-state index in [0.29, 0.717) is 5.69 Å². The van der Waals surface area contributed by atoms with E-state index in [1.54, 1.807) is 30.0 Å². The molecule has 0 saturated carbocycles. The lowest BCUT2D eigenvalue weighted by Crippen LogP contribution is -2.21. The lowest BCUT2D eigenvalue weighted by Gasteiger charge is -2.05. The van der Waals surface area contributed by atoms with Crippen LogP contribution in [0.1, 0.15) is 11.4 Å². The molecule has 4 nitrogen and oxygen atoms in total. The van der Waals surface area contributed by atoms with Gasteiger partial charge in [0, 0.05) is 13.2 Å². The summed E-state index contributed by atoms with van der Waals surface area (Å²) in [5.74, 6) is 0. The van der Waals surface area contributed by atoms with Gasteiger partial charge < -0.3 is 4.57 Å². The lowest BCUT2D eigenvalue weighted by molar-refractivity contribution is 0.887. The summed E-state index contributed by atoms with van der Waals surface area (Å²) in [4.78, 5) is 20.8. The highest BCUT2D eigenvalue weighted by Crippen LogP contribution is 2.09. The Morgan fingerprint density at radius 2 is 1.85 bits per heavy atom. The van der Waals surface area contributed by atoms with E-state index in [1.807, 2.05) is 42.5 Å². The Morgan fingerprint density at radius 1 is 1.05 bits per heavy atom. The second-order valence-corrected chi connectivity index (χ2v) is 4.44. The van der Waals surface area contributed by atoms with Crippen molar-refractivity contribution in [1.82, 2.24) is 14.5 Å². The highest BCUT2D eigenvalue weighted by molar-refractivity contribution is 5.77. The number of pyridine rings is 1. The van der Waals surface area contributed by atoms with Crippen LogP contribution in [0.2, 0.25) is 0 Å². The monoisotopic (exact) mass is 263 g/mol. The van der Waals surface area contributed by atoms with Crippen molar-refractivity contribution in [1.29, 1.82) is 0 Å². The minimum Gasteiger partial charge on any atom is -0.308 e. The summed E-state index contributed by atoms with van der Waals surface area (Å²) < 4.78 is 1.61. The summed E-state index contributed by atoms with van der Waals surface area (Å²) in [6, 6.07) is 13.2. The van der Waals surface area contributed by atoms with Crippen LogP contribution < -0.4 is 5.56 Å². The molecule has 2 heterocycles. The topological polar surface area (TPSA) is 47.8 Å². The highest BCUT2D eigenvalue weighted by Gasteiger charge is 2.05. The summed E-state index contributed by atoms with van der Waals surface area (Å²) in [6.07, 6.45) is 5.21. The summed E-state index contributed by atoms with van der Waals surface area (Å²) in [6.45, 7) is 0. The van der Waals surface area contributed by atoms with Gasteiger partial charge in [-0.3, -0.25) is 9.78 Å². The largest absolute Gasteiger partial charge is 0.308 e. The number of fused-ring (bicyclic) bond motifs is 1. The maximum atomic E-state index is 12.2. The zero-order valence-electron chi connectivity index (χ0n) is 11.0. The molecule has 3 aromatic rings. The van der Waals surface area contributed by atoms with Gasteiger partial charge >= 0.3 is 0 Å². The molecule has 0 aliphatic rings. The molecule has 0 radical (unpaired) electrons. The number of aryl methyl sites for hydroxylation is 1. The van der Waals surface area contributed by atoms with Crippen LogP contribution >= 0.6 is 0 Å². The average molecular weight is 263 g/mol. The van der Waals surface area contributed by atoms with E-state index in [4.69, 9.17) is 0 Å². The fraction of sp³-hybridized carbons (Fsp3) is 0.0625. The summed E-state index contributed by atoms with van der Waals surface area (Å²) in [5, 5.41) is 0. The van der Waals surface area contributed by atoms with Gasteiger partial charge in [-0.15, -0.1) is 0 Å². The zero-order chi connectivity index (χ0) is 13.9. The van der Waals surface area contributed by atoms with Gasteiger partial charge in [0.15, 0.2) is 0 Å². The third-order valence-electron chi connectivity index (χ3n) is 3.11. The molecule has 0 fully saturated rings. The molecule has 20 heavy (non-hydrogen) atoms. The van der Waals surface area contributed by atoms with Crippen LogP contribution in [0.5, 0.6) is 0 Å². The van der Waals surface area contributed by atoms with Gasteiger partial charge in [0.25, 0.3) is 5.56 Å². The molecular formula is C16H13N3O. The first kappa shape index (κ1) is 12.3. The molecule has 0 aliphatic carbocycles. The standard InChI is InChI=1S/C16H13N3O/c1-19-15-8-3-2-7-13(15)18-14(16(19)20)10-9-12-6-4-5-11-17-12/h2-11H,1H3/b10-9+. The maximum Gasteiger partial charge on any atom is 0.276 e. The van der Waals surface area contributed by atoms with Crippen LogP contribution in [-0.2, 0) is 7.05 Å². The van der Waals surface area contributed by atoms with E-state index in [9.17, 15) is 4.79 Å². The normalized spacial score (nSPS) is 11.2. The molecule has 98 valence electrons. The smallest absolute Gasteiger partial charge is 0.276 e. The van der Waals surface area contributed by atoms with Gasteiger partial charge in [0.1, 0.15) is 5.69 Å². The van der Waals surface area contributed by atoms with E-state index in [0.717, 1.165) is 16.7 Å². The predicted octanol–water partition coefficient (Wildman–Crippen LogP) is 2.50. The molecule has 0 atom stereocenters. The van der Waals surface area contributed by atoms with Crippen LogP contribution in [-0.4, -0.2) is 14.5 Å². The van der Waals surface area contributed by atoms with E-state index in [2.05, 4.69) is 9.97 Å². The third-order valence-corrected chi connectivity index (χ3v) is 3.11. The third kappa shape index (κ3) is 2.23. The Kier molecular flexibility index (Phi) is 3.13. The lowest BCUT2D eigenvalue weighted by atomic mass is 10.2. The van der Waals surface area contributed by atoms with Gasteiger partial charge in [0.2, 0.25) is 0 Å². The van der Waals surface area contributed by atoms with Crippen LogP contribution in [0.15, 0.2) is 53.5 Å². The number of para-hydroxylation sites is 2. The van der Waals surface area contributed by atoms with Gasteiger partial charge in [-0.1, -0.05) is 18.2 Å². The Labute approximate surface area is 116 Å². The molecule has 3 rings (SSSR count). The molecule has 0 saturated heterocycles. The predicted molar refractivity (Wildman–Crippen MR) is 80.1 cm³/mol. The molecule has 4 heteroatoms. The molecule has 0 aliphatic heterocycles. The van der Waals surface area contributed by atoms with Crippen molar-refractivity contribution < 1.29 is 0 Å². The van der Waals surface area contributed by atoms with Crippen LogP contribution in [0.25, 0.3) is 23.2 Å². The molecule has 2 aromatic heterocycles. The first-order valence-corrected chi connectivity index (χ1v) is 6.30. The number of benzene rings is 1. The summed E-state index contributed by atoms with van der Waals surface area (Å²) in [5.41, 5.74) is 2.72. The van der Waals surface area contributed by atoms with Crippen molar-refractivity contribution in [3.63, 3.8) is 0 Å². The first-order valence-electron chi connectivity index (χ1n) is 6.30. The molecular weight excluding hydrogens is 250 g/mol. The van der Waals surface area contributed by atoms with Crippen molar-refractivity contribution in [2.45, 2.75) is 0 Å². The molecule has 0 amide bonds. The highest BCUT2D eigenvalue weighted by atomic mass is 16.1. The molecule has 0 bridgehead atoms. The maximum absolute atomic E-state index is 12.2. The Hall–Kier alpha value is -2.75. The fourth-order valence-corrected chi connectivity index (χ4v) is 2.05. The fourth-order valence-electron chi connectivity index (χ4n) is 2.05. The van der Waals surface area contributed by atoms with Crippen molar-refractivity contribution in [2.75, 3.05) is 0 Å². The van der Waals surface area contributed by atoms with Crippen molar-refractivity contribution in [3.8, 4) is 0 Å². The minimum absolute atomic E-state index is 0.115. The van der Waals surface area contributed by atoms with Crippen LogP contribution in [0, 0.1) is 0 Å². The SMILES string of the molecule is Cn1c(=O)c(/C=C/c2ccccn2)nc2ccccc21. The van der Waals surface area contributed by atoms with Crippen LogP contribution in [0.3, 0.4) is 0 Å². The Morgan fingerprint density at radius 3 is 2.65 bits per heavy atom. The van der Waals surface area contributed by atoms with Gasteiger partial charge in [-0.05, 0) is 36.4 Å². The number of aromatic nitrogens is 3. The van der Waals surface area contributed by atoms with Crippen molar-refractivity contribution >= 4 is 23.2 Å². The van der Waals surface area contributed by atoms with E-state index in [-0.39, 0.29) is 5.56 Å². The van der Waals surface area contributed by atoms with Crippen LogP contribution in [0.4, 0.5) is 0 Å². The second-order valence-electron chi connectivity index (χ2n) is 4.44. The summed E-state index contributed by atoms with van der Waals surface area (Å²) in [7, 11) is 1.75. The molecule has 1 aromatic carbocycles. The van der Waals surface area contributed by atoms with Gasteiger partial charge in [0.05, 0.1) is 16.7 Å². The Balaban J connectivity index is 2.11. The Bertz CT molecular complexity index is 835. The minimum atomic E-state index is -0.115. The van der Waals surface area contributed by atoms with E-state index >= 15 is 0 Å². The molecule has 0 unspecified atom stereocenters. The van der Waals surface area contributed by atoms with E-state index in [1.165, 1.54) is 0 Å². The van der Waals surface area contributed by atoms with Crippen molar-refractivity contribution in [3.05, 3.63) is 70.4 Å². The second kappa shape index (κ2) is 5.09. The number of hydrogen-bond donors (Lipinski definition) is 0. The molecule has 0 spiro atoms. The quantitative estimate of drug-likeness (QED) is 0.713. The number of nitrogens with zero attached hydrogens (tertiary/aromatic N) is 3. The zero-order valence-corrected chi connectivity index (χ0v) is 11.0. The van der Waals surface area contributed by atoms with E-state index < -0.39 is 0 Å².